The molecule has 2 N–H and O–H groups in total. The highest BCUT2D eigenvalue weighted by atomic mass is 32.2. The highest BCUT2D eigenvalue weighted by molar-refractivity contribution is 7.98. The van der Waals surface area contributed by atoms with Crippen LogP contribution >= 0.6 is 11.9 Å². The molecule has 0 radical (unpaired) electrons. The van der Waals surface area contributed by atoms with Crippen LogP contribution in [0.4, 0.5) is 0 Å². The lowest BCUT2D eigenvalue weighted by molar-refractivity contribution is -0.113. The van der Waals surface area contributed by atoms with E-state index in [2.05, 4.69) is 9.71 Å². The predicted molar refractivity (Wildman–Crippen MR) is 69.1 cm³/mol. The molecule has 1 aromatic carbocycles. The molecule has 0 saturated carbocycles. The van der Waals surface area contributed by atoms with Crippen molar-refractivity contribution in [1.82, 2.24) is 9.71 Å². The molecular weight excluding hydrogens is 232 g/mol. The summed E-state index contributed by atoms with van der Waals surface area (Å²) >= 11 is 1.36. The van der Waals surface area contributed by atoms with Crippen LogP contribution in [0, 0.1) is 0 Å². The third-order valence-corrected chi connectivity index (χ3v) is 3.46. The first kappa shape index (κ1) is 10.2. The molecule has 17 heavy (non-hydrogen) atoms. The lowest BCUT2D eigenvalue weighted by Gasteiger charge is -2.17. The van der Waals surface area contributed by atoms with Crippen molar-refractivity contribution < 1.29 is 4.79 Å². The van der Waals surface area contributed by atoms with Crippen molar-refractivity contribution in [3.05, 3.63) is 53.9 Å². The zero-order valence-electron chi connectivity index (χ0n) is 8.94. The topological polar surface area (TPSA) is 44.9 Å². The Balaban J connectivity index is 2.13. The van der Waals surface area contributed by atoms with Gasteiger partial charge in [0.15, 0.2) is 0 Å². The van der Waals surface area contributed by atoms with Gasteiger partial charge < -0.3 is 4.98 Å². The molecule has 0 saturated heterocycles. The molecule has 4 heteroatoms. The van der Waals surface area contributed by atoms with Crippen LogP contribution in [-0.2, 0) is 4.79 Å². The van der Waals surface area contributed by atoms with Gasteiger partial charge >= 0.3 is 0 Å². The normalized spacial score (nSPS) is 16.7. The summed E-state index contributed by atoms with van der Waals surface area (Å²) in [5, 5.41) is 0. The Bertz CT molecular complexity index is 587. The van der Waals surface area contributed by atoms with Crippen molar-refractivity contribution in [3.63, 3.8) is 0 Å². The number of carbonyl (C=O) groups excluding carboxylic acids is 1. The molecule has 3 rings (SSSR count). The molecule has 84 valence electrons. The van der Waals surface area contributed by atoms with Crippen LogP contribution in [0.25, 0.3) is 11.6 Å². The Hall–Kier alpha value is -1.94. The Morgan fingerprint density at radius 3 is 2.82 bits per heavy atom. The summed E-state index contributed by atoms with van der Waals surface area (Å²) in [6, 6.07) is 11.7. The van der Waals surface area contributed by atoms with Crippen LogP contribution in [0.3, 0.4) is 0 Å². The van der Waals surface area contributed by atoms with Crippen molar-refractivity contribution in [3.8, 4) is 0 Å². The van der Waals surface area contributed by atoms with Crippen molar-refractivity contribution >= 4 is 29.5 Å². The van der Waals surface area contributed by atoms with E-state index in [1.54, 1.807) is 0 Å². The molecule has 2 aromatic rings. The van der Waals surface area contributed by atoms with Gasteiger partial charge in [0, 0.05) is 22.3 Å². The van der Waals surface area contributed by atoms with Crippen molar-refractivity contribution in [2.75, 3.05) is 0 Å². The van der Waals surface area contributed by atoms with Crippen LogP contribution in [-0.4, -0.2) is 10.9 Å². The van der Waals surface area contributed by atoms with Gasteiger partial charge in [0.05, 0.1) is 5.57 Å². The van der Waals surface area contributed by atoms with Crippen molar-refractivity contribution in [2.45, 2.75) is 4.90 Å². The van der Waals surface area contributed by atoms with E-state index in [4.69, 9.17) is 0 Å². The zero-order valence-corrected chi connectivity index (χ0v) is 9.75. The number of aromatic amines is 1. The van der Waals surface area contributed by atoms with E-state index in [1.165, 1.54) is 11.9 Å². The lowest BCUT2D eigenvalue weighted by atomic mass is 10.0. The molecule has 0 atom stereocenters. The van der Waals surface area contributed by atoms with Gasteiger partial charge in [-0.15, -0.1) is 0 Å². The Morgan fingerprint density at radius 2 is 2.00 bits per heavy atom. The number of amides is 1. The van der Waals surface area contributed by atoms with E-state index in [1.807, 2.05) is 48.7 Å². The Kier molecular flexibility index (Phi) is 2.49. The van der Waals surface area contributed by atoms with Crippen LogP contribution in [0.15, 0.2) is 47.5 Å². The maximum absolute atomic E-state index is 11.9. The number of H-pyrrole nitrogens is 1. The first-order valence-electron chi connectivity index (χ1n) is 5.26. The van der Waals surface area contributed by atoms with Crippen LogP contribution in [0.2, 0.25) is 0 Å². The molecule has 1 aromatic heterocycles. The van der Waals surface area contributed by atoms with Crippen LogP contribution in [0.5, 0.6) is 0 Å². The summed E-state index contributed by atoms with van der Waals surface area (Å²) in [6.07, 6.45) is 3.71. The summed E-state index contributed by atoms with van der Waals surface area (Å²) in [7, 11) is 0. The van der Waals surface area contributed by atoms with Gasteiger partial charge in [-0.05, 0) is 36.2 Å². The third kappa shape index (κ3) is 1.87. The van der Waals surface area contributed by atoms with E-state index in [-0.39, 0.29) is 5.91 Å². The summed E-state index contributed by atoms with van der Waals surface area (Å²) in [4.78, 5) is 16.0. The number of fused-ring (bicyclic) bond motifs is 1. The quantitative estimate of drug-likeness (QED) is 0.596. The molecule has 1 aliphatic rings. The van der Waals surface area contributed by atoms with Crippen molar-refractivity contribution in [2.24, 2.45) is 0 Å². The second-order valence-corrected chi connectivity index (χ2v) is 4.56. The average molecular weight is 242 g/mol. The molecule has 0 unspecified atom stereocenters. The van der Waals surface area contributed by atoms with E-state index >= 15 is 0 Å². The fourth-order valence-corrected chi connectivity index (χ4v) is 2.54. The van der Waals surface area contributed by atoms with Crippen LogP contribution in [0.1, 0.15) is 11.3 Å². The molecule has 0 spiro atoms. The summed E-state index contributed by atoms with van der Waals surface area (Å²) in [6.45, 7) is 0. The summed E-state index contributed by atoms with van der Waals surface area (Å²) < 4.78 is 2.80. The minimum absolute atomic E-state index is 0.0525. The molecule has 2 heterocycles. The monoisotopic (exact) mass is 242 g/mol. The number of nitrogens with one attached hydrogen (secondary N) is 2. The highest BCUT2D eigenvalue weighted by Crippen LogP contribution is 2.32. The van der Waals surface area contributed by atoms with E-state index in [9.17, 15) is 4.79 Å². The second kappa shape index (κ2) is 4.14. The number of rotatable bonds is 1. The standard InChI is InChI=1S/C13H10N2OS/c16-13-11(8-9-4-3-7-14-9)10-5-1-2-6-12(10)17-15-13/h1-8,14H,(H,15,16). The van der Waals surface area contributed by atoms with Gasteiger partial charge in [-0.3, -0.25) is 9.52 Å². The number of carbonyl (C=O) groups is 1. The predicted octanol–water partition coefficient (Wildman–Crippen LogP) is 2.69. The van der Waals surface area contributed by atoms with Gasteiger partial charge in [0.1, 0.15) is 0 Å². The zero-order chi connectivity index (χ0) is 11.7. The molecule has 3 nitrogen and oxygen atoms in total. The minimum Gasteiger partial charge on any atom is -0.362 e. The minimum atomic E-state index is -0.0525. The van der Waals surface area contributed by atoms with E-state index < -0.39 is 0 Å². The number of aromatic nitrogens is 1. The Labute approximate surface area is 103 Å². The molecule has 1 amide bonds. The van der Waals surface area contributed by atoms with E-state index in [0.717, 1.165) is 16.2 Å². The molecule has 0 bridgehead atoms. The number of hydrogen-bond donors (Lipinski definition) is 2. The maximum atomic E-state index is 11.9. The number of hydrogen-bond acceptors (Lipinski definition) is 2. The number of benzene rings is 1. The van der Waals surface area contributed by atoms with Gasteiger partial charge in [-0.25, -0.2) is 0 Å². The summed E-state index contributed by atoms with van der Waals surface area (Å²) in [5.74, 6) is -0.0525. The van der Waals surface area contributed by atoms with E-state index in [0.29, 0.717) is 5.57 Å². The molecular formula is C13H10N2OS. The SMILES string of the molecule is O=C1NSc2ccccc2C1=Cc1ccc[nH]1. The molecule has 0 fully saturated rings. The van der Waals surface area contributed by atoms with Crippen LogP contribution < -0.4 is 4.72 Å². The fourth-order valence-electron chi connectivity index (χ4n) is 1.79. The first-order valence-corrected chi connectivity index (χ1v) is 6.08. The molecule has 0 aliphatic carbocycles. The van der Waals surface area contributed by atoms with Gasteiger partial charge in [0.25, 0.3) is 5.91 Å². The summed E-state index contributed by atoms with van der Waals surface area (Å²) in [5.41, 5.74) is 2.61. The van der Waals surface area contributed by atoms with Gasteiger partial charge in [-0.1, -0.05) is 18.2 Å². The first-order chi connectivity index (χ1) is 8.34. The maximum Gasteiger partial charge on any atom is 0.262 e. The Morgan fingerprint density at radius 1 is 1.12 bits per heavy atom. The molecule has 1 aliphatic heterocycles. The van der Waals surface area contributed by atoms with Gasteiger partial charge in [-0.2, -0.15) is 0 Å². The largest absolute Gasteiger partial charge is 0.362 e. The fraction of sp³-hybridized carbons (Fsp3) is 0. The smallest absolute Gasteiger partial charge is 0.262 e. The van der Waals surface area contributed by atoms with Gasteiger partial charge in [0.2, 0.25) is 0 Å². The van der Waals surface area contributed by atoms with Crippen molar-refractivity contribution in [1.29, 1.82) is 0 Å². The average Bonchev–Trinajstić information content (AvgIpc) is 2.86. The lowest BCUT2D eigenvalue weighted by Crippen LogP contribution is -2.21. The second-order valence-electron chi connectivity index (χ2n) is 3.71. The third-order valence-electron chi connectivity index (χ3n) is 2.60. The highest BCUT2D eigenvalue weighted by Gasteiger charge is 2.21.